The van der Waals surface area contributed by atoms with Crippen LogP contribution < -0.4 is 5.56 Å². The second-order valence-corrected chi connectivity index (χ2v) is 8.32. The van der Waals surface area contributed by atoms with Crippen molar-refractivity contribution in [3.63, 3.8) is 0 Å². The van der Waals surface area contributed by atoms with E-state index in [2.05, 4.69) is 31.9 Å². The highest BCUT2D eigenvalue weighted by Gasteiger charge is 2.16. The Hall–Kier alpha value is -3.78. The molecule has 0 unspecified atom stereocenters. The topological polar surface area (TPSA) is 78.0 Å². The highest BCUT2D eigenvalue weighted by Crippen LogP contribution is 2.26. The quantitative estimate of drug-likeness (QED) is 0.372. The van der Waals surface area contributed by atoms with E-state index < -0.39 is 0 Å². The summed E-state index contributed by atoms with van der Waals surface area (Å²) in [5, 5.41) is 9.65. The molecule has 0 aliphatic heterocycles. The van der Waals surface area contributed by atoms with E-state index >= 15 is 0 Å². The lowest BCUT2D eigenvalue weighted by molar-refractivity contribution is 0.714. The smallest absolute Gasteiger partial charge is 0.258 e. The molecule has 0 aliphatic rings. The molecule has 0 atom stereocenters. The van der Waals surface area contributed by atoms with Crippen LogP contribution >= 0.6 is 11.8 Å². The molecule has 0 fully saturated rings. The van der Waals surface area contributed by atoms with Crippen molar-refractivity contribution in [1.29, 1.82) is 0 Å². The first-order valence-corrected chi connectivity index (χ1v) is 11.2. The van der Waals surface area contributed by atoms with Crippen LogP contribution in [0.3, 0.4) is 0 Å². The van der Waals surface area contributed by atoms with E-state index in [-0.39, 0.29) is 5.56 Å². The number of pyridine rings is 2. The van der Waals surface area contributed by atoms with E-state index in [1.807, 2.05) is 49.4 Å². The van der Waals surface area contributed by atoms with Gasteiger partial charge in [0.25, 0.3) is 5.56 Å². The molecular formula is C24H20N6OS. The zero-order valence-electron chi connectivity index (χ0n) is 17.4. The summed E-state index contributed by atoms with van der Waals surface area (Å²) in [5.74, 6) is 1.27. The summed E-state index contributed by atoms with van der Waals surface area (Å²) in [7, 11) is 0. The van der Waals surface area contributed by atoms with Crippen LogP contribution in [-0.2, 0) is 12.3 Å². The summed E-state index contributed by atoms with van der Waals surface area (Å²) in [4.78, 5) is 21.5. The van der Waals surface area contributed by atoms with E-state index in [0.29, 0.717) is 23.6 Å². The number of nitrogens with zero attached hydrogens (tertiary/aromatic N) is 6. The minimum atomic E-state index is -0.0869. The second-order valence-electron chi connectivity index (χ2n) is 7.38. The molecule has 0 saturated carbocycles. The lowest BCUT2D eigenvalue weighted by Gasteiger charge is -2.11. The van der Waals surface area contributed by atoms with Gasteiger partial charge in [-0.25, -0.2) is 4.98 Å². The van der Waals surface area contributed by atoms with Crippen LogP contribution in [0.1, 0.15) is 16.8 Å². The number of benzene rings is 1. The maximum Gasteiger partial charge on any atom is 0.258 e. The fraction of sp³-hybridized carbons (Fsp3) is 0.125. The molecule has 0 amide bonds. The SMILES string of the molecule is Cc1cccn2c(=O)cc(CSc3nnc(-c4cccnc4)n3Cc3ccccc3)nc12. The van der Waals surface area contributed by atoms with Gasteiger partial charge in [0, 0.05) is 36.0 Å². The third-order valence-electron chi connectivity index (χ3n) is 5.11. The van der Waals surface area contributed by atoms with Crippen LogP contribution in [0, 0.1) is 6.92 Å². The number of thioether (sulfide) groups is 1. The zero-order chi connectivity index (χ0) is 21.9. The molecule has 4 heterocycles. The van der Waals surface area contributed by atoms with Gasteiger partial charge in [0.2, 0.25) is 0 Å². The summed E-state index contributed by atoms with van der Waals surface area (Å²) < 4.78 is 3.65. The van der Waals surface area contributed by atoms with Crippen molar-refractivity contribution in [2.45, 2.75) is 24.4 Å². The van der Waals surface area contributed by atoms with Crippen molar-refractivity contribution < 1.29 is 0 Å². The van der Waals surface area contributed by atoms with Crippen molar-refractivity contribution in [2.24, 2.45) is 0 Å². The number of hydrogen-bond donors (Lipinski definition) is 0. The Morgan fingerprint density at radius 2 is 1.88 bits per heavy atom. The van der Waals surface area contributed by atoms with Gasteiger partial charge >= 0.3 is 0 Å². The first kappa shape index (κ1) is 20.1. The average molecular weight is 441 g/mol. The molecule has 5 rings (SSSR count). The second kappa shape index (κ2) is 8.76. The Labute approximate surface area is 188 Å². The molecule has 0 saturated heterocycles. The molecule has 7 nitrogen and oxygen atoms in total. The van der Waals surface area contributed by atoms with Gasteiger partial charge in [-0.3, -0.25) is 18.7 Å². The van der Waals surface area contributed by atoms with Crippen LogP contribution in [0.5, 0.6) is 0 Å². The average Bonchev–Trinajstić information content (AvgIpc) is 3.22. The van der Waals surface area contributed by atoms with Gasteiger partial charge in [0.05, 0.1) is 12.2 Å². The van der Waals surface area contributed by atoms with Gasteiger partial charge in [0.15, 0.2) is 11.0 Å². The summed E-state index contributed by atoms with van der Waals surface area (Å²) in [6.07, 6.45) is 5.27. The van der Waals surface area contributed by atoms with Gasteiger partial charge in [-0.05, 0) is 36.2 Å². The minimum absolute atomic E-state index is 0.0869. The molecule has 0 radical (unpaired) electrons. The molecule has 1 aromatic carbocycles. The van der Waals surface area contributed by atoms with Gasteiger partial charge in [-0.1, -0.05) is 48.2 Å². The normalized spacial score (nSPS) is 11.2. The Balaban J connectivity index is 1.49. The zero-order valence-corrected chi connectivity index (χ0v) is 18.2. The van der Waals surface area contributed by atoms with Crippen LogP contribution in [0.2, 0.25) is 0 Å². The van der Waals surface area contributed by atoms with Gasteiger partial charge in [-0.15, -0.1) is 10.2 Å². The first-order chi connectivity index (χ1) is 15.7. The third kappa shape index (κ3) is 4.04. The maximum atomic E-state index is 12.5. The molecule has 4 aromatic heterocycles. The minimum Gasteiger partial charge on any atom is -0.297 e. The summed E-state index contributed by atoms with van der Waals surface area (Å²) in [5.41, 5.74) is 4.32. The van der Waals surface area contributed by atoms with Gasteiger partial charge < -0.3 is 0 Å². The molecule has 0 N–H and O–H groups in total. The molecule has 0 spiro atoms. The summed E-state index contributed by atoms with van der Waals surface area (Å²) in [6, 6.07) is 19.4. The predicted molar refractivity (Wildman–Crippen MR) is 125 cm³/mol. The lowest BCUT2D eigenvalue weighted by Crippen LogP contribution is -2.15. The Morgan fingerprint density at radius 3 is 2.69 bits per heavy atom. The van der Waals surface area contributed by atoms with E-state index in [9.17, 15) is 4.79 Å². The van der Waals surface area contributed by atoms with Crippen LogP contribution in [-0.4, -0.2) is 29.1 Å². The molecule has 5 aromatic rings. The fourth-order valence-corrected chi connectivity index (χ4v) is 4.36. The summed E-state index contributed by atoms with van der Waals surface area (Å²) in [6.45, 7) is 2.59. The first-order valence-electron chi connectivity index (χ1n) is 10.2. The fourth-order valence-electron chi connectivity index (χ4n) is 3.53. The summed E-state index contributed by atoms with van der Waals surface area (Å²) >= 11 is 1.52. The van der Waals surface area contributed by atoms with Crippen LogP contribution in [0.25, 0.3) is 17.0 Å². The van der Waals surface area contributed by atoms with Crippen molar-refractivity contribution in [1.82, 2.24) is 29.1 Å². The molecule has 32 heavy (non-hydrogen) atoms. The number of hydrogen-bond acceptors (Lipinski definition) is 6. The Kier molecular flexibility index (Phi) is 5.51. The maximum absolute atomic E-state index is 12.5. The standard InChI is InChI=1S/C24H20N6OS/c1-17-7-6-12-29-21(31)13-20(26-22(17)29)16-32-24-28-27-23(19-10-5-11-25-14-19)30(24)15-18-8-3-2-4-9-18/h2-14H,15-16H2,1H3. The Morgan fingerprint density at radius 1 is 1.00 bits per heavy atom. The molecule has 0 bridgehead atoms. The molecule has 0 aliphatic carbocycles. The molecule has 8 heteroatoms. The number of fused-ring (bicyclic) bond motifs is 1. The van der Waals surface area contributed by atoms with E-state index in [1.54, 1.807) is 29.1 Å². The van der Waals surface area contributed by atoms with Crippen LogP contribution in [0.15, 0.2) is 89.2 Å². The molecular weight excluding hydrogens is 420 g/mol. The van der Waals surface area contributed by atoms with Crippen molar-refractivity contribution in [2.75, 3.05) is 0 Å². The van der Waals surface area contributed by atoms with Crippen molar-refractivity contribution in [3.8, 4) is 11.4 Å². The lowest BCUT2D eigenvalue weighted by atomic mass is 10.2. The van der Waals surface area contributed by atoms with E-state index in [1.165, 1.54) is 11.8 Å². The number of aryl methyl sites for hydroxylation is 1. The van der Waals surface area contributed by atoms with Crippen LogP contribution in [0.4, 0.5) is 0 Å². The predicted octanol–water partition coefficient (Wildman–Crippen LogP) is 4.00. The highest BCUT2D eigenvalue weighted by molar-refractivity contribution is 7.98. The Bertz CT molecular complexity index is 1430. The number of aromatic nitrogens is 6. The van der Waals surface area contributed by atoms with Gasteiger partial charge in [-0.2, -0.15) is 0 Å². The third-order valence-corrected chi connectivity index (χ3v) is 6.11. The van der Waals surface area contributed by atoms with E-state index in [4.69, 9.17) is 4.98 Å². The van der Waals surface area contributed by atoms with E-state index in [0.717, 1.165) is 27.7 Å². The largest absolute Gasteiger partial charge is 0.297 e. The number of rotatable bonds is 6. The van der Waals surface area contributed by atoms with Gasteiger partial charge in [0.1, 0.15) is 5.65 Å². The molecule has 158 valence electrons. The van der Waals surface area contributed by atoms with Crippen molar-refractivity contribution >= 4 is 17.4 Å². The monoisotopic (exact) mass is 440 g/mol. The van der Waals surface area contributed by atoms with Crippen molar-refractivity contribution in [3.05, 3.63) is 106 Å². The highest BCUT2D eigenvalue weighted by atomic mass is 32.2.